The molecule has 1 aliphatic rings. The fourth-order valence-corrected chi connectivity index (χ4v) is 3.25. The Labute approximate surface area is 124 Å². The number of furan rings is 1. The SMILES string of the molecule is O=C(N[C@H]1CC[C@@H](C(=O)O)C1)c1csc(-c2ccco2)n1. The van der Waals surface area contributed by atoms with Crippen LogP contribution in [0, 0.1) is 5.92 Å². The van der Waals surface area contributed by atoms with E-state index in [1.165, 1.54) is 11.3 Å². The van der Waals surface area contributed by atoms with Crippen LogP contribution in [-0.4, -0.2) is 28.0 Å². The molecule has 0 unspecified atom stereocenters. The molecule has 0 saturated heterocycles. The zero-order valence-electron chi connectivity index (χ0n) is 11.1. The Bertz CT molecular complexity index is 650. The van der Waals surface area contributed by atoms with Crippen LogP contribution < -0.4 is 5.32 Å². The first-order chi connectivity index (χ1) is 10.1. The molecule has 2 aromatic rings. The molecule has 0 radical (unpaired) electrons. The second-order valence-corrected chi connectivity index (χ2v) is 5.89. The first-order valence-electron chi connectivity index (χ1n) is 6.66. The number of hydrogen-bond acceptors (Lipinski definition) is 5. The second kappa shape index (κ2) is 5.69. The van der Waals surface area contributed by atoms with E-state index in [1.54, 1.807) is 23.8 Å². The van der Waals surface area contributed by atoms with Crippen molar-refractivity contribution in [3.8, 4) is 10.8 Å². The molecule has 1 fully saturated rings. The van der Waals surface area contributed by atoms with Crippen LogP contribution in [-0.2, 0) is 4.79 Å². The summed E-state index contributed by atoms with van der Waals surface area (Å²) in [6, 6.07) is 3.46. The molecule has 2 N–H and O–H groups in total. The lowest BCUT2D eigenvalue weighted by Gasteiger charge is -2.10. The maximum Gasteiger partial charge on any atom is 0.306 e. The molecule has 0 spiro atoms. The highest BCUT2D eigenvalue weighted by Gasteiger charge is 2.31. The number of rotatable bonds is 4. The molecule has 110 valence electrons. The van der Waals surface area contributed by atoms with E-state index in [2.05, 4.69) is 10.3 Å². The highest BCUT2D eigenvalue weighted by molar-refractivity contribution is 7.13. The first kappa shape index (κ1) is 13.8. The van der Waals surface area contributed by atoms with Gasteiger partial charge in [0.1, 0.15) is 5.69 Å². The van der Waals surface area contributed by atoms with Crippen LogP contribution in [0.1, 0.15) is 29.8 Å². The van der Waals surface area contributed by atoms with Crippen molar-refractivity contribution in [1.82, 2.24) is 10.3 Å². The lowest BCUT2D eigenvalue weighted by molar-refractivity contribution is -0.141. The molecular formula is C14H14N2O4S. The number of amides is 1. The van der Waals surface area contributed by atoms with Gasteiger partial charge >= 0.3 is 5.97 Å². The quantitative estimate of drug-likeness (QED) is 0.904. The molecule has 1 amide bonds. The third-order valence-electron chi connectivity index (χ3n) is 3.59. The van der Waals surface area contributed by atoms with E-state index >= 15 is 0 Å². The summed E-state index contributed by atoms with van der Waals surface area (Å²) in [5.41, 5.74) is 0.338. The number of carboxylic acids is 1. The number of carbonyl (C=O) groups is 2. The molecule has 2 atom stereocenters. The molecular weight excluding hydrogens is 292 g/mol. The first-order valence-corrected chi connectivity index (χ1v) is 7.54. The molecule has 1 aliphatic carbocycles. The molecule has 1 saturated carbocycles. The molecule has 0 aliphatic heterocycles. The van der Waals surface area contributed by atoms with Crippen LogP contribution >= 0.6 is 11.3 Å². The van der Waals surface area contributed by atoms with Crippen LogP contribution in [0.5, 0.6) is 0 Å². The summed E-state index contributed by atoms with van der Waals surface area (Å²) in [6.07, 6.45) is 3.34. The van der Waals surface area contributed by atoms with Gasteiger partial charge in [-0.2, -0.15) is 0 Å². The summed E-state index contributed by atoms with van der Waals surface area (Å²) in [5, 5.41) is 14.1. The minimum atomic E-state index is -0.791. The largest absolute Gasteiger partial charge is 0.481 e. The number of aromatic nitrogens is 1. The topological polar surface area (TPSA) is 92.4 Å². The van der Waals surface area contributed by atoms with Gasteiger partial charge in [-0.3, -0.25) is 9.59 Å². The summed E-state index contributed by atoms with van der Waals surface area (Å²) in [5.74, 6) is -0.782. The zero-order valence-corrected chi connectivity index (χ0v) is 11.9. The normalized spacial score (nSPS) is 21.3. The molecule has 0 bridgehead atoms. The van der Waals surface area contributed by atoms with Crippen molar-refractivity contribution in [3.63, 3.8) is 0 Å². The Morgan fingerprint density at radius 3 is 2.95 bits per heavy atom. The van der Waals surface area contributed by atoms with Gasteiger partial charge in [-0.15, -0.1) is 11.3 Å². The smallest absolute Gasteiger partial charge is 0.306 e. The van der Waals surface area contributed by atoms with E-state index < -0.39 is 5.97 Å². The summed E-state index contributed by atoms with van der Waals surface area (Å²) < 4.78 is 5.24. The van der Waals surface area contributed by atoms with Crippen LogP contribution in [0.4, 0.5) is 0 Å². The minimum absolute atomic E-state index is 0.0904. The number of nitrogens with zero attached hydrogens (tertiary/aromatic N) is 1. The van der Waals surface area contributed by atoms with Crippen LogP contribution in [0.3, 0.4) is 0 Å². The molecule has 7 heteroatoms. The average molecular weight is 306 g/mol. The van der Waals surface area contributed by atoms with Gasteiger partial charge in [0.15, 0.2) is 10.8 Å². The fourth-order valence-electron chi connectivity index (χ4n) is 2.49. The van der Waals surface area contributed by atoms with Gasteiger partial charge in [0.25, 0.3) is 5.91 Å². The van der Waals surface area contributed by atoms with E-state index in [4.69, 9.17) is 9.52 Å². The minimum Gasteiger partial charge on any atom is -0.481 e. The Morgan fingerprint density at radius 2 is 2.29 bits per heavy atom. The van der Waals surface area contributed by atoms with Crippen molar-refractivity contribution >= 4 is 23.2 Å². The number of hydrogen-bond donors (Lipinski definition) is 2. The van der Waals surface area contributed by atoms with Gasteiger partial charge in [-0.25, -0.2) is 4.98 Å². The third-order valence-corrected chi connectivity index (χ3v) is 4.44. The molecule has 2 heterocycles. The predicted molar refractivity (Wildman–Crippen MR) is 76.0 cm³/mol. The van der Waals surface area contributed by atoms with E-state index in [0.717, 1.165) is 0 Å². The Balaban J connectivity index is 1.63. The van der Waals surface area contributed by atoms with E-state index in [9.17, 15) is 9.59 Å². The number of carboxylic acid groups (broad SMARTS) is 1. The zero-order chi connectivity index (χ0) is 14.8. The molecule has 21 heavy (non-hydrogen) atoms. The van der Waals surface area contributed by atoms with Crippen LogP contribution in [0.2, 0.25) is 0 Å². The van der Waals surface area contributed by atoms with Crippen molar-refractivity contribution in [2.45, 2.75) is 25.3 Å². The Morgan fingerprint density at radius 1 is 1.43 bits per heavy atom. The maximum atomic E-state index is 12.1. The number of aliphatic carboxylic acids is 1. The van der Waals surface area contributed by atoms with Crippen molar-refractivity contribution in [2.75, 3.05) is 0 Å². The van der Waals surface area contributed by atoms with Crippen LogP contribution in [0.15, 0.2) is 28.2 Å². The summed E-state index contributed by atoms with van der Waals surface area (Å²) in [6.45, 7) is 0. The maximum absolute atomic E-state index is 12.1. The molecule has 3 rings (SSSR count). The highest BCUT2D eigenvalue weighted by atomic mass is 32.1. The van der Waals surface area contributed by atoms with Gasteiger partial charge in [0.2, 0.25) is 0 Å². The lowest BCUT2D eigenvalue weighted by atomic mass is 10.1. The summed E-state index contributed by atoms with van der Waals surface area (Å²) in [4.78, 5) is 27.3. The predicted octanol–water partition coefficient (Wildman–Crippen LogP) is 2.39. The number of nitrogens with one attached hydrogen (secondary N) is 1. The molecule has 6 nitrogen and oxygen atoms in total. The van der Waals surface area contributed by atoms with E-state index in [-0.39, 0.29) is 17.9 Å². The Kier molecular flexibility index (Phi) is 3.74. The van der Waals surface area contributed by atoms with Crippen molar-refractivity contribution in [1.29, 1.82) is 0 Å². The molecule has 0 aromatic carbocycles. The van der Waals surface area contributed by atoms with Gasteiger partial charge in [0, 0.05) is 11.4 Å². The fraction of sp³-hybridized carbons (Fsp3) is 0.357. The Hall–Kier alpha value is -2.15. The monoisotopic (exact) mass is 306 g/mol. The van der Waals surface area contributed by atoms with Gasteiger partial charge in [0.05, 0.1) is 12.2 Å². The van der Waals surface area contributed by atoms with Crippen molar-refractivity contribution in [2.24, 2.45) is 5.92 Å². The number of thiazole rings is 1. The third kappa shape index (κ3) is 2.97. The summed E-state index contributed by atoms with van der Waals surface area (Å²) >= 11 is 1.34. The second-order valence-electron chi connectivity index (χ2n) is 5.03. The van der Waals surface area contributed by atoms with E-state index in [1.807, 2.05) is 0 Å². The highest BCUT2D eigenvalue weighted by Crippen LogP contribution is 2.27. The average Bonchev–Trinajstić information content (AvgIpc) is 3.19. The van der Waals surface area contributed by atoms with Crippen molar-refractivity contribution in [3.05, 3.63) is 29.5 Å². The standard InChI is InChI=1S/C14H14N2O4S/c17-12(15-9-4-3-8(6-9)14(18)19)10-7-21-13(16-10)11-2-1-5-20-11/h1-2,5,7-9H,3-4,6H2,(H,15,17)(H,18,19)/t8-,9+/m1/s1. The molecule has 2 aromatic heterocycles. The van der Waals surface area contributed by atoms with E-state index in [0.29, 0.717) is 35.7 Å². The number of carbonyl (C=O) groups excluding carboxylic acids is 1. The van der Waals surface area contributed by atoms with Gasteiger partial charge in [-0.05, 0) is 31.4 Å². The van der Waals surface area contributed by atoms with Crippen molar-refractivity contribution < 1.29 is 19.1 Å². The van der Waals surface area contributed by atoms with Gasteiger partial charge < -0.3 is 14.8 Å². The van der Waals surface area contributed by atoms with Crippen LogP contribution in [0.25, 0.3) is 10.8 Å². The summed E-state index contributed by atoms with van der Waals surface area (Å²) in [7, 11) is 0. The lowest BCUT2D eigenvalue weighted by Crippen LogP contribution is -2.33. The van der Waals surface area contributed by atoms with Gasteiger partial charge in [-0.1, -0.05) is 0 Å².